The minimum Gasteiger partial charge on any atom is -0.508 e. The number of hydrogen-bond acceptors (Lipinski definition) is 4. The molecule has 6 heteroatoms. The van der Waals surface area contributed by atoms with Gasteiger partial charge >= 0.3 is 6.09 Å². The van der Waals surface area contributed by atoms with Crippen LogP contribution in [-0.4, -0.2) is 52.8 Å². The van der Waals surface area contributed by atoms with Crippen molar-refractivity contribution in [3.05, 3.63) is 28.8 Å². The highest BCUT2D eigenvalue weighted by Gasteiger charge is 2.26. The zero-order chi connectivity index (χ0) is 16.3. The number of halogens is 1. The summed E-state index contributed by atoms with van der Waals surface area (Å²) in [6.45, 7) is 8.94. The lowest BCUT2D eigenvalue weighted by molar-refractivity contribution is 0.0138. The van der Waals surface area contributed by atoms with Crippen molar-refractivity contribution in [2.24, 2.45) is 0 Å². The largest absolute Gasteiger partial charge is 0.508 e. The van der Waals surface area contributed by atoms with E-state index in [9.17, 15) is 9.90 Å². The molecular formula is C16H23ClN2O3. The topological polar surface area (TPSA) is 53.0 Å². The molecule has 22 heavy (non-hydrogen) atoms. The third-order valence-corrected chi connectivity index (χ3v) is 3.69. The first-order chi connectivity index (χ1) is 10.2. The Bertz CT molecular complexity index is 535. The van der Waals surface area contributed by atoms with Crippen LogP contribution in [0.15, 0.2) is 18.2 Å². The monoisotopic (exact) mass is 326 g/mol. The summed E-state index contributed by atoms with van der Waals surface area (Å²) in [7, 11) is 0. The van der Waals surface area contributed by atoms with Gasteiger partial charge < -0.3 is 14.7 Å². The van der Waals surface area contributed by atoms with Crippen molar-refractivity contribution in [1.29, 1.82) is 0 Å². The maximum absolute atomic E-state index is 12.0. The summed E-state index contributed by atoms with van der Waals surface area (Å²) in [4.78, 5) is 15.9. The second-order valence-corrected chi connectivity index (χ2v) is 6.95. The van der Waals surface area contributed by atoms with E-state index < -0.39 is 5.60 Å². The molecule has 0 aliphatic carbocycles. The summed E-state index contributed by atoms with van der Waals surface area (Å²) in [5.74, 6) is 0.249. The molecule has 0 atom stereocenters. The van der Waals surface area contributed by atoms with Crippen molar-refractivity contribution in [2.45, 2.75) is 32.9 Å². The van der Waals surface area contributed by atoms with Crippen LogP contribution in [-0.2, 0) is 11.3 Å². The number of ether oxygens (including phenoxy) is 1. The van der Waals surface area contributed by atoms with Crippen molar-refractivity contribution in [3.8, 4) is 5.75 Å². The van der Waals surface area contributed by atoms with Crippen molar-refractivity contribution < 1.29 is 14.6 Å². The number of phenols is 1. The number of rotatable bonds is 2. The second-order valence-electron chi connectivity index (χ2n) is 6.52. The van der Waals surface area contributed by atoms with Crippen LogP contribution < -0.4 is 0 Å². The summed E-state index contributed by atoms with van der Waals surface area (Å²) in [5, 5.41) is 10.5. The van der Waals surface area contributed by atoms with E-state index in [2.05, 4.69) is 4.90 Å². The number of aromatic hydroxyl groups is 1. The molecule has 1 fully saturated rings. The lowest BCUT2D eigenvalue weighted by Crippen LogP contribution is -2.49. The van der Waals surface area contributed by atoms with Crippen LogP contribution in [0, 0.1) is 0 Å². The van der Waals surface area contributed by atoms with Crippen LogP contribution in [0.5, 0.6) is 5.75 Å². The number of carbonyl (C=O) groups excluding carboxylic acids is 1. The first kappa shape index (κ1) is 16.9. The molecule has 1 aromatic carbocycles. The van der Waals surface area contributed by atoms with Crippen molar-refractivity contribution in [2.75, 3.05) is 26.2 Å². The Labute approximate surface area is 136 Å². The molecule has 1 aromatic rings. The van der Waals surface area contributed by atoms with Crippen LogP contribution >= 0.6 is 11.6 Å². The van der Waals surface area contributed by atoms with Crippen molar-refractivity contribution in [3.63, 3.8) is 0 Å². The molecule has 0 spiro atoms. The van der Waals surface area contributed by atoms with Crippen molar-refractivity contribution >= 4 is 17.7 Å². The number of nitrogens with zero attached hydrogens (tertiary/aromatic N) is 2. The van der Waals surface area contributed by atoms with E-state index in [-0.39, 0.29) is 11.8 Å². The van der Waals surface area contributed by atoms with E-state index >= 15 is 0 Å². The molecular weight excluding hydrogens is 304 g/mol. The lowest BCUT2D eigenvalue weighted by atomic mass is 10.1. The Kier molecular flexibility index (Phi) is 5.19. The minimum atomic E-state index is -0.471. The first-order valence-electron chi connectivity index (χ1n) is 7.42. The molecule has 0 aromatic heterocycles. The summed E-state index contributed by atoms with van der Waals surface area (Å²) in [6.07, 6.45) is -0.266. The number of carbonyl (C=O) groups is 1. The quantitative estimate of drug-likeness (QED) is 0.907. The fraction of sp³-hybridized carbons (Fsp3) is 0.562. The van der Waals surface area contributed by atoms with Crippen LogP contribution in [0.3, 0.4) is 0 Å². The fourth-order valence-corrected chi connectivity index (χ4v) is 2.53. The summed E-state index contributed by atoms with van der Waals surface area (Å²) in [5.41, 5.74) is 0.332. The number of phenolic OH excluding ortho intramolecular Hbond substituents is 1. The van der Waals surface area contributed by atoms with Crippen LogP contribution in [0.1, 0.15) is 26.3 Å². The first-order valence-corrected chi connectivity index (χ1v) is 7.80. The van der Waals surface area contributed by atoms with Crippen LogP contribution in [0.2, 0.25) is 5.02 Å². The fourth-order valence-electron chi connectivity index (χ4n) is 2.34. The molecule has 1 N–H and O–H groups in total. The normalized spacial score (nSPS) is 16.6. The third kappa shape index (κ3) is 4.78. The highest BCUT2D eigenvalue weighted by Crippen LogP contribution is 2.23. The lowest BCUT2D eigenvalue weighted by Gasteiger charge is -2.35. The molecule has 2 rings (SSSR count). The summed E-state index contributed by atoms with van der Waals surface area (Å²) < 4.78 is 5.38. The standard InChI is InChI=1S/C16H23ClN2O3/c1-16(2,3)22-15(21)19-8-6-18(7-9-19)11-12-10-13(17)4-5-14(12)20/h4-5,10,20H,6-9,11H2,1-3H3. The molecule has 0 bridgehead atoms. The number of benzene rings is 1. The summed E-state index contributed by atoms with van der Waals surface area (Å²) in [6, 6.07) is 5.05. The maximum Gasteiger partial charge on any atom is 0.410 e. The smallest absolute Gasteiger partial charge is 0.410 e. The van der Waals surface area contributed by atoms with Gasteiger partial charge in [0, 0.05) is 43.3 Å². The van der Waals surface area contributed by atoms with Gasteiger partial charge in [-0.05, 0) is 39.0 Å². The van der Waals surface area contributed by atoms with E-state index in [1.165, 1.54) is 0 Å². The highest BCUT2D eigenvalue weighted by molar-refractivity contribution is 6.30. The zero-order valence-corrected chi connectivity index (χ0v) is 14.1. The van der Waals surface area contributed by atoms with Gasteiger partial charge in [0.05, 0.1) is 0 Å². The Morgan fingerprint density at radius 3 is 2.50 bits per heavy atom. The maximum atomic E-state index is 12.0. The van der Waals surface area contributed by atoms with Gasteiger partial charge in [0.1, 0.15) is 11.4 Å². The Morgan fingerprint density at radius 2 is 1.91 bits per heavy atom. The average molecular weight is 327 g/mol. The third-order valence-electron chi connectivity index (χ3n) is 3.46. The van der Waals surface area contributed by atoms with E-state index in [4.69, 9.17) is 16.3 Å². The predicted octanol–water partition coefficient (Wildman–Crippen LogP) is 3.10. The second kappa shape index (κ2) is 6.75. The van der Waals surface area contributed by atoms with Gasteiger partial charge in [0.2, 0.25) is 0 Å². The SMILES string of the molecule is CC(C)(C)OC(=O)N1CCN(Cc2cc(Cl)ccc2O)CC1. The van der Waals surface area contributed by atoms with Crippen LogP contribution in [0.4, 0.5) is 4.79 Å². The van der Waals surface area contributed by atoms with Crippen LogP contribution in [0.25, 0.3) is 0 Å². The molecule has 0 unspecified atom stereocenters. The molecule has 0 saturated carbocycles. The Hall–Kier alpha value is -1.46. The van der Waals surface area contributed by atoms with E-state index in [1.54, 1.807) is 23.1 Å². The van der Waals surface area contributed by atoms with Crippen molar-refractivity contribution in [1.82, 2.24) is 9.80 Å². The van der Waals surface area contributed by atoms with E-state index in [0.29, 0.717) is 24.7 Å². The number of amides is 1. The Morgan fingerprint density at radius 1 is 1.27 bits per heavy atom. The minimum absolute atomic E-state index is 0.249. The van der Waals surface area contributed by atoms with E-state index in [1.807, 2.05) is 20.8 Å². The Balaban J connectivity index is 1.87. The molecule has 1 aliphatic heterocycles. The molecule has 1 aliphatic rings. The molecule has 5 nitrogen and oxygen atoms in total. The van der Waals surface area contributed by atoms with Gasteiger partial charge in [-0.3, -0.25) is 4.90 Å². The molecule has 1 amide bonds. The highest BCUT2D eigenvalue weighted by atomic mass is 35.5. The molecule has 1 saturated heterocycles. The average Bonchev–Trinajstić information content (AvgIpc) is 2.42. The van der Waals surface area contributed by atoms with Gasteiger partial charge in [-0.15, -0.1) is 0 Å². The van der Waals surface area contributed by atoms with Gasteiger partial charge in [-0.1, -0.05) is 11.6 Å². The van der Waals surface area contributed by atoms with Gasteiger partial charge in [0.25, 0.3) is 0 Å². The number of hydrogen-bond donors (Lipinski definition) is 1. The van der Waals surface area contributed by atoms with E-state index in [0.717, 1.165) is 18.7 Å². The van der Waals surface area contributed by atoms with Gasteiger partial charge in [-0.2, -0.15) is 0 Å². The molecule has 122 valence electrons. The number of piperazine rings is 1. The van der Waals surface area contributed by atoms with Gasteiger partial charge in [0.15, 0.2) is 0 Å². The summed E-state index contributed by atoms with van der Waals surface area (Å²) >= 11 is 5.96. The van der Waals surface area contributed by atoms with Gasteiger partial charge in [-0.25, -0.2) is 4.79 Å². The predicted molar refractivity (Wildman–Crippen MR) is 86.2 cm³/mol. The zero-order valence-electron chi connectivity index (χ0n) is 13.3. The molecule has 0 radical (unpaired) electrons. The molecule has 1 heterocycles.